The molecule has 0 bridgehead atoms. The average molecular weight is 313 g/mol. The maximum atomic E-state index is 12.5. The molecule has 0 saturated carbocycles. The van der Waals surface area contributed by atoms with Crippen LogP contribution in [0.5, 0.6) is 0 Å². The van der Waals surface area contributed by atoms with E-state index in [1.807, 2.05) is 42.4 Å². The molecule has 23 heavy (non-hydrogen) atoms. The molecule has 0 unspecified atom stereocenters. The van der Waals surface area contributed by atoms with E-state index in [0.717, 1.165) is 31.7 Å². The van der Waals surface area contributed by atoms with Crippen LogP contribution in [-0.2, 0) is 11.3 Å². The molecule has 1 atom stereocenters. The van der Waals surface area contributed by atoms with E-state index in [2.05, 4.69) is 22.2 Å². The summed E-state index contributed by atoms with van der Waals surface area (Å²) in [5, 5.41) is 4.11. The number of aromatic nitrogens is 3. The van der Waals surface area contributed by atoms with Crippen LogP contribution in [0.3, 0.4) is 0 Å². The fourth-order valence-corrected chi connectivity index (χ4v) is 3.04. The van der Waals surface area contributed by atoms with Crippen LogP contribution in [0.15, 0.2) is 36.8 Å². The molecular formula is C17H23N5O. The first-order valence-electron chi connectivity index (χ1n) is 8.02. The van der Waals surface area contributed by atoms with Gasteiger partial charge in [-0.15, -0.1) is 0 Å². The number of hydrogen-bond acceptors (Lipinski definition) is 4. The summed E-state index contributed by atoms with van der Waals surface area (Å²) in [7, 11) is 3.99. The molecule has 0 spiro atoms. The van der Waals surface area contributed by atoms with Gasteiger partial charge in [0.15, 0.2) is 0 Å². The molecular weight excluding hydrogens is 290 g/mol. The molecule has 1 saturated heterocycles. The lowest BCUT2D eigenvalue weighted by atomic mass is 9.91. The Morgan fingerprint density at radius 1 is 1.39 bits per heavy atom. The Kier molecular flexibility index (Phi) is 4.60. The van der Waals surface area contributed by atoms with Crippen molar-refractivity contribution in [3.8, 4) is 0 Å². The highest BCUT2D eigenvalue weighted by molar-refractivity contribution is 5.76. The van der Waals surface area contributed by atoms with Gasteiger partial charge in [0.25, 0.3) is 0 Å². The first-order valence-corrected chi connectivity index (χ1v) is 8.02. The topological polar surface area (TPSA) is 54.3 Å². The van der Waals surface area contributed by atoms with Gasteiger partial charge in [0.1, 0.15) is 12.4 Å². The number of anilines is 1. The molecule has 1 aliphatic rings. The zero-order chi connectivity index (χ0) is 16.2. The van der Waals surface area contributed by atoms with Crippen LogP contribution >= 0.6 is 0 Å². The van der Waals surface area contributed by atoms with Crippen molar-refractivity contribution >= 4 is 11.7 Å². The van der Waals surface area contributed by atoms with E-state index in [9.17, 15) is 4.79 Å². The number of carbonyl (C=O) groups is 1. The van der Waals surface area contributed by atoms with Gasteiger partial charge < -0.3 is 9.80 Å². The molecule has 1 amide bonds. The highest BCUT2D eigenvalue weighted by atomic mass is 16.2. The van der Waals surface area contributed by atoms with Gasteiger partial charge in [0, 0.05) is 51.7 Å². The van der Waals surface area contributed by atoms with E-state index in [4.69, 9.17) is 0 Å². The van der Waals surface area contributed by atoms with Crippen molar-refractivity contribution in [2.45, 2.75) is 25.3 Å². The molecule has 2 aromatic heterocycles. The van der Waals surface area contributed by atoms with E-state index < -0.39 is 0 Å². The van der Waals surface area contributed by atoms with Crippen molar-refractivity contribution in [2.75, 3.05) is 32.1 Å². The largest absolute Gasteiger partial charge is 0.363 e. The third kappa shape index (κ3) is 3.70. The van der Waals surface area contributed by atoms with Crippen LogP contribution in [0.2, 0.25) is 0 Å². The maximum Gasteiger partial charge on any atom is 0.244 e. The van der Waals surface area contributed by atoms with Crippen LogP contribution in [0.25, 0.3) is 0 Å². The third-order valence-electron chi connectivity index (χ3n) is 4.33. The SMILES string of the molecule is CN(C)c1cc([C@H]2CCCN(C(=O)Cn3cccn3)C2)ccn1. The third-order valence-corrected chi connectivity index (χ3v) is 4.33. The van der Waals surface area contributed by atoms with E-state index >= 15 is 0 Å². The highest BCUT2D eigenvalue weighted by Gasteiger charge is 2.25. The number of rotatable bonds is 4. The average Bonchev–Trinajstić information content (AvgIpc) is 3.08. The summed E-state index contributed by atoms with van der Waals surface area (Å²) >= 11 is 0. The standard InChI is InChI=1S/C17H23N5O/c1-20(2)16-11-14(6-8-18-16)15-5-3-9-21(12-15)17(23)13-22-10-4-7-19-22/h4,6-8,10-11,15H,3,5,9,12-13H2,1-2H3/t15-/m0/s1. The molecule has 1 aliphatic heterocycles. The first kappa shape index (κ1) is 15.5. The van der Waals surface area contributed by atoms with E-state index in [-0.39, 0.29) is 5.91 Å². The van der Waals surface area contributed by atoms with E-state index in [1.165, 1.54) is 5.56 Å². The minimum Gasteiger partial charge on any atom is -0.363 e. The molecule has 3 heterocycles. The van der Waals surface area contributed by atoms with Gasteiger partial charge in [-0.3, -0.25) is 9.48 Å². The highest BCUT2D eigenvalue weighted by Crippen LogP contribution is 2.28. The van der Waals surface area contributed by atoms with Crippen molar-refractivity contribution in [1.82, 2.24) is 19.7 Å². The molecule has 6 heteroatoms. The summed E-state index contributed by atoms with van der Waals surface area (Å²) in [5.74, 6) is 1.48. The van der Waals surface area contributed by atoms with Crippen LogP contribution in [0, 0.1) is 0 Å². The number of amides is 1. The van der Waals surface area contributed by atoms with Crippen LogP contribution in [0.1, 0.15) is 24.3 Å². The normalized spacial score (nSPS) is 18.0. The molecule has 0 N–H and O–H groups in total. The van der Waals surface area contributed by atoms with Crippen molar-refractivity contribution < 1.29 is 4.79 Å². The Balaban J connectivity index is 1.68. The monoisotopic (exact) mass is 313 g/mol. The molecule has 0 aromatic carbocycles. The Bertz CT molecular complexity index is 653. The second-order valence-electron chi connectivity index (χ2n) is 6.22. The van der Waals surface area contributed by atoms with Crippen molar-refractivity contribution in [3.05, 3.63) is 42.4 Å². The Morgan fingerprint density at radius 2 is 2.26 bits per heavy atom. The summed E-state index contributed by atoms with van der Waals surface area (Å²) in [6.07, 6.45) is 7.53. The molecule has 6 nitrogen and oxygen atoms in total. The Morgan fingerprint density at radius 3 is 3.00 bits per heavy atom. The predicted octanol–water partition coefficient (Wildman–Crippen LogP) is 1.75. The number of hydrogen-bond donors (Lipinski definition) is 0. The Hall–Kier alpha value is -2.37. The van der Waals surface area contributed by atoms with Gasteiger partial charge in [-0.2, -0.15) is 5.10 Å². The molecule has 122 valence electrons. The van der Waals surface area contributed by atoms with Gasteiger partial charge in [-0.1, -0.05) is 0 Å². The van der Waals surface area contributed by atoms with Gasteiger partial charge in [0.2, 0.25) is 5.91 Å². The second-order valence-corrected chi connectivity index (χ2v) is 6.22. The summed E-state index contributed by atoms with van der Waals surface area (Å²) < 4.78 is 1.68. The van der Waals surface area contributed by atoms with E-state index in [0.29, 0.717) is 12.5 Å². The zero-order valence-electron chi connectivity index (χ0n) is 13.7. The minimum absolute atomic E-state index is 0.139. The molecule has 0 radical (unpaired) electrons. The molecule has 0 aliphatic carbocycles. The van der Waals surface area contributed by atoms with E-state index in [1.54, 1.807) is 10.9 Å². The summed E-state index contributed by atoms with van der Waals surface area (Å²) in [4.78, 5) is 20.8. The van der Waals surface area contributed by atoms with Crippen LogP contribution < -0.4 is 4.90 Å². The quantitative estimate of drug-likeness (QED) is 0.863. The lowest BCUT2D eigenvalue weighted by Gasteiger charge is -2.33. The number of pyridine rings is 1. The van der Waals surface area contributed by atoms with Crippen molar-refractivity contribution in [3.63, 3.8) is 0 Å². The number of piperidine rings is 1. The summed E-state index contributed by atoms with van der Waals surface area (Å²) in [6.45, 7) is 1.93. The first-order chi connectivity index (χ1) is 11.1. The maximum absolute atomic E-state index is 12.5. The number of carbonyl (C=O) groups excluding carboxylic acids is 1. The van der Waals surface area contributed by atoms with Crippen molar-refractivity contribution in [1.29, 1.82) is 0 Å². The summed E-state index contributed by atoms with van der Waals surface area (Å²) in [5.41, 5.74) is 1.26. The summed E-state index contributed by atoms with van der Waals surface area (Å²) in [6, 6.07) is 6.04. The fraction of sp³-hybridized carbons (Fsp3) is 0.471. The predicted molar refractivity (Wildman–Crippen MR) is 89.3 cm³/mol. The van der Waals surface area contributed by atoms with Gasteiger partial charge in [-0.25, -0.2) is 4.98 Å². The van der Waals surface area contributed by atoms with Gasteiger partial charge in [0.05, 0.1) is 0 Å². The molecule has 2 aromatic rings. The number of likely N-dealkylation sites (tertiary alicyclic amines) is 1. The number of nitrogens with zero attached hydrogens (tertiary/aromatic N) is 5. The van der Waals surface area contributed by atoms with Crippen LogP contribution in [0.4, 0.5) is 5.82 Å². The van der Waals surface area contributed by atoms with Crippen LogP contribution in [-0.4, -0.2) is 52.8 Å². The smallest absolute Gasteiger partial charge is 0.244 e. The van der Waals surface area contributed by atoms with Gasteiger partial charge >= 0.3 is 0 Å². The van der Waals surface area contributed by atoms with Crippen molar-refractivity contribution in [2.24, 2.45) is 0 Å². The molecule has 1 fully saturated rings. The fourth-order valence-electron chi connectivity index (χ4n) is 3.04. The van der Waals surface area contributed by atoms with Gasteiger partial charge in [-0.05, 0) is 36.6 Å². The Labute approximate surface area is 136 Å². The minimum atomic E-state index is 0.139. The lowest BCUT2D eigenvalue weighted by Crippen LogP contribution is -2.40. The second kappa shape index (κ2) is 6.81. The lowest BCUT2D eigenvalue weighted by molar-refractivity contribution is -0.133. The zero-order valence-corrected chi connectivity index (χ0v) is 13.7. The molecule has 3 rings (SSSR count).